The number of carbonyl (C=O) groups is 2. The van der Waals surface area contributed by atoms with Crippen molar-refractivity contribution >= 4 is 29.1 Å². The quantitative estimate of drug-likeness (QED) is 0.872. The number of halogens is 1. The van der Waals surface area contributed by atoms with E-state index >= 15 is 0 Å². The van der Waals surface area contributed by atoms with Crippen LogP contribution in [0.3, 0.4) is 0 Å². The van der Waals surface area contributed by atoms with Gasteiger partial charge in [0, 0.05) is 22.7 Å². The van der Waals surface area contributed by atoms with Gasteiger partial charge in [0.05, 0.1) is 5.92 Å². The highest BCUT2D eigenvalue weighted by Gasteiger charge is 2.33. The summed E-state index contributed by atoms with van der Waals surface area (Å²) in [5, 5.41) is 6.59. The Kier molecular flexibility index (Phi) is 4.82. The summed E-state index contributed by atoms with van der Waals surface area (Å²) in [6.07, 6.45) is 0.768. The molecule has 2 N–H and O–H groups in total. The van der Waals surface area contributed by atoms with Crippen LogP contribution in [0.1, 0.15) is 37.3 Å². The highest BCUT2D eigenvalue weighted by atomic mass is 35.5. The first-order chi connectivity index (χ1) is 11.9. The maximum absolute atomic E-state index is 12.9. The lowest BCUT2D eigenvalue weighted by Gasteiger charge is -2.31. The fraction of sp³-hybridized carbons (Fsp3) is 0.300. The summed E-state index contributed by atoms with van der Waals surface area (Å²) in [5.41, 5.74) is 2.07. The van der Waals surface area contributed by atoms with Gasteiger partial charge in [0.2, 0.25) is 11.8 Å². The van der Waals surface area contributed by atoms with Crippen LogP contribution in [-0.2, 0) is 16.0 Å². The van der Waals surface area contributed by atoms with Crippen LogP contribution in [0.4, 0.5) is 5.69 Å². The lowest BCUT2D eigenvalue weighted by Crippen LogP contribution is -2.48. The summed E-state index contributed by atoms with van der Waals surface area (Å²) in [6, 6.07) is 15.1. The molecule has 130 valence electrons. The van der Waals surface area contributed by atoms with Gasteiger partial charge in [-0.3, -0.25) is 9.59 Å². The zero-order chi connectivity index (χ0) is 18.0. The molecule has 1 unspecified atom stereocenters. The smallest absolute Gasteiger partial charge is 0.228 e. The van der Waals surface area contributed by atoms with E-state index < -0.39 is 11.5 Å². The van der Waals surface area contributed by atoms with E-state index in [1.165, 1.54) is 0 Å². The van der Waals surface area contributed by atoms with Gasteiger partial charge in [-0.15, -0.1) is 0 Å². The third-order valence-corrected chi connectivity index (χ3v) is 4.74. The van der Waals surface area contributed by atoms with Gasteiger partial charge in [0.15, 0.2) is 0 Å². The molecule has 3 rings (SSSR count). The summed E-state index contributed by atoms with van der Waals surface area (Å²) in [7, 11) is 0. The van der Waals surface area contributed by atoms with Crippen LogP contribution in [0.5, 0.6) is 0 Å². The number of anilines is 1. The average Bonchev–Trinajstić information content (AvgIpc) is 2.55. The maximum atomic E-state index is 12.9. The predicted molar refractivity (Wildman–Crippen MR) is 99.8 cm³/mol. The molecule has 4 nitrogen and oxygen atoms in total. The molecule has 1 atom stereocenters. The predicted octanol–water partition coefficient (Wildman–Crippen LogP) is 3.90. The third kappa shape index (κ3) is 4.02. The Balaban J connectivity index is 1.77. The highest BCUT2D eigenvalue weighted by Crippen LogP contribution is 2.32. The molecule has 0 fully saturated rings. The number of benzene rings is 2. The molecule has 2 aromatic rings. The van der Waals surface area contributed by atoms with Crippen molar-refractivity contribution in [3.05, 3.63) is 64.7 Å². The molecule has 0 aromatic heterocycles. The third-order valence-electron chi connectivity index (χ3n) is 4.37. The fourth-order valence-electron chi connectivity index (χ4n) is 3.23. The molecule has 0 spiro atoms. The van der Waals surface area contributed by atoms with E-state index in [-0.39, 0.29) is 18.2 Å². The molecule has 1 aliphatic heterocycles. The maximum Gasteiger partial charge on any atom is 0.228 e. The number of hydrogen-bond acceptors (Lipinski definition) is 2. The second kappa shape index (κ2) is 6.89. The standard InChI is InChI=1S/C20H21ClN2O2/c1-20(2,12-13-7-3-5-9-16(13)21)23-19(25)15-11-18(24)22-17-10-6-4-8-14(15)17/h3-10,15H,11-12H2,1-2H3,(H,22,24)(H,23,25). The summed E-state index contributed by atoms with van der Waals surface area (Å²) in [4.78, 5) is 24.8. The summed E-state index contributed by atoms with van der Waals surface area (Å²) >= 11 is 6.24. The fourth-order valence-corrected chi connectivity index (χ4v) is 3.43. The molecule has 2 amide bonds. The van der Waals surface area contributed by atoms with Gasteiger partial charge in [-0.25, -0.2) is 0 Å². The number of hydrogen-bond donors (Lipinski definition) is 2. The lowest BCUT2D eigenvalue weighted by molar-refractivity contribution is -0.127. The van der Waals surface area contributed by atoms with Crippen molar-refractivity contribution in [2.24, 2.45) is 0 Å². The highest BCUT2D eigenvalue weighted by molar-refractivity contribution is 6.31. The zero-order valence-corrected chi connectivity index (χ0v) is 15.1. The van der Waals surface area contributed by atoms with Crippen molar-refractivity contribution in [1.29, 1.82) is 0 Å². The van der Waals surface area contributed by atoms with Crippen molar-refractivity contribution < 1.29 is 9.59 Å². The van der Waals surface area contributed by atoms with E-state index in [0.29, 0.717) is 17.1 Å². The van der Waals surface area contributed by atoms with Crippen LogP contribution in [0, 0.1) is 0 Å². The molecule has 5 heteroatoms. The first kappa shape index (κ1) is 17.5. The molecule has 1 aliphatic rings. The molecule has 2 aromatic carbocycles. The van der Waals surface area contributed by atoms with Gasteiger partial charge in [-0.2, -0.15) is 0 Å². The molecule has 0 saturated carbocycles. The van der Waals surface area contributed by atoms with E-state index in [2.05, 4.69) is 10.6 Å². The molecule has 0 bridgehead atoms. The molecule has 25 heavy (non-hydrogen) atoms. The summed E-state index contributed by atoms with van der Waals surface area (Å²) < 4.78 is 0. The Labute approximate surface area is 152 Å². The SMILES string of the molecule is CC(C)(Cc1ccccc1Cl)NC(=O)C1CC(=O)Nc2ccccc21. The topological polar surface area (TPSA) is 58.2 Å². The monoisotopic (exact) mass is 356 g/mol. The molecular formula is C20H21ClN2O2. The first-order valence-corrected chi connectivity index (χ1v) is 8.68. The summed E-state index contributed by atoms with van der Waals surface area (Å²) in [6.45, 7) is 3.92. The minimum Gasteiger partial charge on any atom is -0.350 e. The van der Waals surface area contributed by atoms with Crippen molar-refractivity contribution in [3.8, 4) is 0 Å². The largest absolute Gasteiger partial charge is 0.350 e. The van der Waals surface area contributed by atoms with Gasteiger partial charge in [-0.1, -0.05) is 48.0 Å². The summed E-state index contributed by atoms with van der Waals surface area (Å²) in [5.74, 6) is -0.752. The van der Waals surface area contributed by atoms with E-state index in [1.54, 1.807) is 0 Å². The van der Waals surface area contributed by atoms with Crippen LogP contribution in [0.2, 0.25) is 5.02 Å². The van der Waals surface area contributed by atoms with Gasteiger partial charge in [-0.05, 0) is 43.5 Å². The van der Waals surface area contributed by atoms with Crippen molar-refractivity contribution in [2.75, 3.05) is 5.32 Å². The van der Waals surface area contributed by atoms with Gasteiger partial charge < -0.3 is 10.6 Å². The van der Waals surface area contributed by atoms with E-state index in [1.807, 2.05) is 62.4 Å². The van der Waals surface area contributed by atoms with Crippen LogP contribution in [0.25, 0.3) is 0 Å². The number of rotatable bonds is 4. The minimum atomic E-state index is -0.481. The number of nitrogens with one attached hydrogen (secondary N) is 2. The van der Waals surface area contributed by atoms with Crippen LogP contribution < -0.4 is 10.6 Å². The van der Waals surface area contributed by atoms with Crippen LogP contribution in [-0.4, -0.2) is 17.4 Å². The second-order valence-electron chi connectivity index (χ2n) is 7.03. The van der Waals surface area contributed by atoms with Crippen molar-refractivity contribution in [1.82, 2.24) is 5.32 Å². The first-order valence-electron chi connectivity index (χ1n) is 8.30. The zero-order valence-electron chi connectivity index (χ0n) is 14.3. The Morgan fingerprint density at radius 3 is 2.64 bits per heavy atom. The minimum absolute atomic E-state index is 0.136. The number of para-hydroxylation sites is 1. The number of fused-ring (bicyclic) bond motifs is 1. The van der Waals surface area contributed by atoms with Gasteiger partial charge in [0.25, 0.3) is 0 Å². The Hall–Kier alpha value is -2.33. The van der Waals surface area contributed by atoms with E-state index in [0.717, 1.165) is 11.1 Å². The van der Waals surface area contributed by atoms with E-state index in [9.17, 15) is 9.59 Å². The molecule has 0 saturated heterocycles. The normalized spacial score (nSPS) is 16.8. The van der Waals surface area contributed by atoms with Gasteiger partial charge >= 0.3 is 0 Å². The molecule has 1 heterocycles. The van der Waals surface area contributed by atoms with Gasteiger partial charge in [0.1, 0.15) is 0 Å². The molecule has 0 aliphatic carbocycles. The lowest BCUT2D eigenvalue weighted by atomic mass is 9.88. The average molecular weight is 357 g/mol. The Bertz CT molecular complexity index is 817. The Morgan fingerprint density at radius 2 is 1.88 bits per heavy atom. The number of carbonyl (C=O) groups excluding carboxylic acids is 2. The molecule has 0 radical (unpaired) electrons. The second-order valence-corrected chi connectivity index (χ2v) is 7.44. The molecular weight excluding hydrogens is 336 g/mol. The Morgan fingerprint density at radius 1 is 1.20 bits per heavy atom. The van der Waals surface area contributed by atoms with Crippen LogP contribution >= 0.6 is 11.6 Å². The van der Waals surface area contributed by atoms with Crippen LogP contribution in [0.15, 0.2) is 48.5 Å². The number of amides is 2. The van der Waals surface area contributed by atoms with Crippen molar-refractivity contribution in [3.63, 3.8) is 0 Å². The van der Waals surface area contributed by atoms with E-state index in [4.69, 9.17) is 11.6 Å². The van der Waals surface area contributed by atoms with Crippen molar-refractivity contribution in [2.45, 2.75) is 38.1 Å².